The molecule has 3 nitrogen and oxygen atoms in total. The Morgan fingerprint density at radius 3 is 1.88 bits per heavy atom. The fourth-order valence-electron chi connectivity index (χ4n) is 2.89. The third-order valence-corrected chi connectivity index (χ3v) is 4.35. The van der Waals surface area contributed by atoms with E-state index >= 15 is 0 Å². The molecule has 0 spiro atoms. The minimum atomic E-state index is -1.14. The summed E-state index contributed by atoms with van der Waals surface area (Å²) in [6.45, 7) is 2.25. The maximum absolute atomic E-state index is 11.6. The quantitative estimate of drug-likeness (QED) is 0.435. The molecule has 24 heavy (non-hydrogen) atoms. The molecule has 4 heteroatoms. The van der Waals surface area contributed by atoms with Gasteiger partial charge in [-0.05, 0) is 24.5 Å². The van der Waals surface area contributed by atoms with Crippen molar-refractivity contribution in [2.45, 2.75) is 84.0 Å². The Hall–Kier alpha value is 0.126. The second kappa shape index (κ2) is 15.4. The molecular weight excluding hydrogens is 327 g/mol. The number of carboxylic acid groups (broad SMARTS) is 1. The van der Waals surface area contributed by atoms with Crippen molar-refractivity contribution in [3.8, 4) is 5.75 Å². The summed E-state index contributed by atoms with van der Waals surface area (Å²) in [5, 5.41) is 20.4. The van der Waals surface area contributed by atoms with Gasteiger partial charge in [0, 0.05) is 0 Å². The van der Waals surface area contributed by atoms with Gasteiger partial charge >= 0.3 is 57.4 Å². The number of unbranched alkanes of at least 4 members (excludes halogenated alkanes) is 10. The largest absolute Gasteiger partial charge is 1.00 e. The topological polar surface area (TPSA) is 60.4 Å². The van der Waals surface area contributed by atoms with Gasteiger partial charge in [-0.1, -0.05) is 89.0 Å². The molecule has 0 heterocycles. The van der Waals surface area contributed by atoms with Crippen molar-refractivity contribution in [2.24, 2.45) is 0 Å². The number of aromatic carboxylic acids is 1. The van der Waals surface area contributed by atoms with E-state index in [9.17, 15) is 9.90 Å². The summed E-state index contributed by atoms with van der Waals surface area (Å²) in [6.07, 6.45) is 15.2. The monoisotopic (exact) mass is 358 g/mol. The first kappa shape index (κ1) is 24.1. The molecule has 0 unspecified atom stereocenters. The van der Waals surface area contributed by atoms with E-state index in [0.717, 1.165) is 18.4 Å². The molecular formula is C20H31KO3. The minimum Gasteiger partial charge on any atom is -0.872 e. The Labute approximate surface area is 189 Å². The second-order valence-corrected chi connectivity index (χ2v) is 6.42. The van der Waals surface area contributed by atoms with Gasteiger partial charge in [0.1, 0.15) is 0 Å². The molecule has 0 bridgehead atoms. The maximum atomic E-state index is 11.6. The molecule has 1 aromatic rings. The average Bonchev–Trinajstić information content (AvgIpc) is 2.52. The third kappa shape index (κ3) is 10.9. The summed E-state index contributed by atoms with van der Waals surface area (Å²) < 4.78 is 0. The number of hydrogen-bond donors (Lipinski definition) is 1. The molecule has 1 N–H and O–H groups in total. The van der Waals surface area contributed by atoms with Crippen molar-refractivity contribution >= 4 is 5.97 Å². The Kier molecular flexibility index (Phi) is 15.5. The van der Waals surface area contributed by atoms with Crippen LogP contribution < -0.4 is 56.5 Å². The van der Waals surface area contributed by atoms with Gasteiger partial charge in [-0.2, -0.15) is 0 Å². The second-order valence-electron chi connectivity index (χ2n) is 6.42. The molecule has 0 aliphatic heterocycles. The summed E-state index contributed by atoms with van der Waals surface area (Å²) in [4.78, 5) is 10.8. The first-order valence-corrected chi connectivity index (χ1v) is 9.18. The predicted octanol–water partition coefficient (Wildman–Crippen LogP) is 2.32. The molecule has 0 saturated carbocycles. The van der Waals surface area contributed by atoms with E-state index in [4.69, 9.17) is 5.11 Å². The van der Waals surface area contributed by atoms with E-state index < -0.39 is 5.97 Å². The maximum Gasteiger partial charge on any atom is 1.00 e. The molecule has 1 aromatic carbocycles. The normalized spacial score (nSPS) is 10.4. The third-order valence-electron chi connectivity index (χ3n) is 4.35. The van der Waals surface area contributed by atoms with E-state index in [1.807, 2.05) is 0 Å². The number of carbonyl (C=O) groups is 1. The van der Waals surface area contributed by atoms with Gasteiger partial charge in [0.15, 0.2) is 0 Å². The Bertz CT molecular complexity index is 460. The summed E-state index contributed by atoms with van der Waals surface area (Å²) >= 11 is 0. The van der Waals surface area contributed by atoms with Crippen molar-refractivity contribution < 1.29 is 66.4 Å². The molecule has 130 valence electrons. The van der Waals surface area contributed by atoms with E-state index in [1.54, 1.807) is 6.07 Å². The first-order valence-electron chi connectivity index (χ1n) is 9.18. The molecule has 0 aromatic heterocycles. The van der Waals surface area contributed by atoms with Crippen molar-refractivity contribution in [3.05, 3.63) is 29.3 Å². The molecule has 0 aliphatic rings. The number of hydrogen-bond acceptors (Lipinski definition) is 2. The van der Waals surface area contributed by atoms with Crippen LogP contribution in [0.4, 0.5) is 0 Å². The van der Waals surface area contributed by atoms with Gasteiger partial charge in [-0.15, -0.1) is 0 Å². The van der Waals surface area contributed by atoms with Gasteiger partial charge in [0.2, 0.25) is 0 Å². The van der Waals surface area contributed by atoms with Crippen LogP contribution in [0.5, 0.6) is 5.75 Å². The van der Waals surface area contributed by atoms with Crippen LogP contribution in [0.15, 0.2) is 18.2 Å². The molecule has 0 amide bonds. The van der Waals surface area contributed by atoms with Crippen LogP contribution >= 0.6 is 0 Å². The Morgan fingerprint density at radius 2 is 1.42 bits per heavy atom. The van der Waals surface area contributed by atoms with Gasteiger partial charge in [-0.3, -0.25) is 0 Å². The molecule has 0 atom stereocenters. The van der Waals surface area contributed by atoms with E-state index in [0.29, 0.717) is 0 Å². The zero-order chi connectivity index (χ0) is 16.9. The number of carboxylic acids is 1. The van der Waals surface area contributed by atoms with Crippen molar-refractivity contribution in [1.29, 1.82) is 0 Å². The van der Waals surface area contributed by atoms with Crippen LogP contribution in [-0.2, 0) is 6.42 Å². The molecule has 0 fully saturated rings. The van der Waals surface area contributed by atoms with Gasteiger partial charge in [0.25, 0.3) is 0 Å². The molecule has 0 radical (unpaired) electrons. The smallest absolute Gasteiger partial charge is 0.872 e. The molecule has 0 aliphatic carbocycles. The number of aryl methyl sites for hydroxylation is 1. The fraction of sp³-hybridized carbons (Fsp3) is 0.650. The van der Waals surface area contributed by atoms with Crippen LogP contribution in [0.2, 0.25) is 0 Å². The van der Waals surface area contributed by atoms with Crippen molar-refractivity contribution in [3.63, 3.8) is 0 Å². The summed E-state index contributed by atoms with van der Waals surface area (Å²) in [7, 11) is 0. The van der Waals surface area contributed by atoms with Crippen molar-refractivity contribution in [2.75, 3.05) is 0 Å². The van der Waals surface area contributed by atoms with E-state index in [1.165, 1.54) is 76.3 Å². The van der Waals surface area contributed by atoms with Crippen LogP contribution in [0.3, 0.4) is 0 Å². The van der Waals surface area contributed by atoms with Crippen molar-refractivity contribution in [1.82, 2.24) is 0 Å². The SMILES string of the molecule is CCCCCCCCCCCCCc1ccc(C(=O)O)c([O-])c1.[K+]. The zero-order valence-corrected chi connectivity index (χ0v) is 18.6. The Balaban J connectivity index is 0.00000529. The van der Waals surface area contributed by atoms with Crippen LogP contribution in [-0.4, -0.2) is 11.1 Å². The van der Waals surface area contributed by atoms with Crippen LogP contribution in [0.25, 0.3) is 0 Å². The van der Waals surface area contributed by atoms with E-state index in [2.05, 4.69) is 6.92 Å². The minimum absolute atomic E-state index is 0. The zero-order valence-electron chi connectivity index (χ0n) is 15.5. The Morgan fingerprint density at radius 1 is 0.917 bits per heavy atom. The van der Waals surface area contributed by atoms with Gasteiger partial charge < -0.3 is 10.2 Å². The first-order chi connectivity index (χ1) is 11.1. The van der Waals surface area contributed by atoms with Gasteiger partial charge in [-0.25, -0.2) is 4.79 Å². The fourth-order valence-corrected chi connectivity index (χ4v) is 2.89. The average molecular weight is 359 g/mol. The number of rotatable bonds is 13. The molecule has 0 saturated heterocycles. The number of benzene rings is 1. The van der Waals surface area contributed by atoms with Crippen LogP contribution in [0.1, 0.15) is 93.5 Å². The summed E-state index contributed by atoms with van der Waals surface area (Å²) in [6, 6.07) is 4.67. The summed E-state index contributed by atoms with van der Waals surface area (Å²) in [5.41, 5.74) is 0.823. The standard InChI is InChI=1S/C20H32O3.K/c1-2-3-4-5-6-7-8-9-10-11-12-13-17-14-15-18(20(22)23)19(21)16-17;/h14-16,21H,2-13H2,1H3,(H,22,23);/q;+1/p-1. The molecule has 1 rings (SSSR count). The summed E-state index contributed by atoms with van der Waals surface area (Å²) in [5.74, 6) is -1.52. The van der Waals surface area contributed by atoms with E-state index in [-0.39, 0.29) is 62.7 Å². The predicted molar refractivity (Wildman–Crippen MR) is 93.0 cm³/mol. The van der Waals surface area contributed by atoms with Gasteiger partial charge in [0.05, 0.1) is 5.56 Å². The van der Waals surface area contributed by atoms with Crippen LogP contribution in [0, 0.1) is 0 Å².